The summed E-state index contributed by atoms with van der Waals surface area (Å²) in [5.74, 6) is 3.19. The van der Waals surface area contributed by atoms with Gasteiger partial charge in [0.1, 0.15) is 11.5 Å². The molecule has 56 heavy (non-hydrogen) atoms. The van der Waals surface area contributed by atoms with Crippen LogP contribution in [0.4, 0.5) is 17.1 Å². The Morgan fingerprint density at radius 3 is 1.12 bits per heavy atom. The van der Waals surface area contributed by atoms with Crippen LogP contribution in [0.1, 0.15) is 0 Å². The maximum absolute atomic E-state index is 6.47. The molecule has 0 fully saturated rings. The van der Waals surface area contributed by atoms with Crippen LogP contribution in [0, 0.1) is 0 Å². The van der Waals surface area contributed by atoms with E-state index in [-0.39, 0.29) is 0 Å². The number of benzene rings is 8. The molecule has 0 atom stereocenters. The van der Waals surface area contributed by atoms with Crippen molar-refractivity contribution in [3.63, 3.8) is 0 Å². The molecule has 0 unspecified atom stereocenters. The molecule has 0 aliphatic carbocycles. The first kappa shape index (κ1) is 34.2. The Kier molecular flexibility index (Phi) is 9.62. The third-order valence-electron chi connectivity index (χ3n) is 9.55. The van der Waals surface area contributed by atoms with Crippen LogP contribution in [0.3, 0.4) is 0 Å². The van der Waals surface area contributed by atoms with Crippen molar-refractivity contribution >= 4 is 17.1 Å². The molecule has 0 spiro atoms. The fourth-order valence-electron chi connectivity index (χ4n) is 6.78. The first-order chi connectivity index (χ1) is 27.7. The molecule has 0 saturated carbocycles. The van der Waals surface area contributed by atoms with Gasteiger partial charge in [-0.1, -0.05) is 152 Å². The highest BCUT2D eigenvalue weighted by Crippen LogP contribution is 2.38. The predicted molar refractivity (Wildman–Crippen MR) is 228 cm³/mol. The quantitative estimate of drug-likeness (QED) is 0.141. The van der Waals surface area contributed by atoms with E-state index in [2.05, 4.69) is 114 Å². The van der Waals surface area contributed by atoms with Crippen molar-refractivity contribution in [1.82, 2.24) is 15.0 Å². The molecule has 0 bridgehead atoms. The average Bonchev–Trinajstić information content (AvgIpc) is 3.28. The molecule has 9 rings (SSSR count). The molecule has 0 aliphatic rings. The van der Waals surface area contributed by atoms with E-state index in [0.29, 0.717) is 23.2 Å². The lowest BCUT2D eigenvalue weighted by molar-refractivity contribution is 0.483. The van der Waals surface area contributed by atoms with E-state index >= 15 is 0 Å². The van der Waals surface area contributed by atoms with E-state index < -0.39 is 0 Å². The molecule has 0 aliphatic heterocycles. The van der Waals surface area contributed by atoms with Crippen molar-refractivity contribution in [3.8, 4) is 67.9 Å². The molecule has 1 aromatic heterocycles. The van der Waals surface area contributed by atoms with Crippen molar-refractivity contribution in [2.75, 3.05) is 4.90 Å². The third-order valence-corrected chi connectivity index (χ3v) is 9.55. The first-order valence-corrected chi connectivity index (χ1v) is 18.6. The zero-order valence-electron chi connectivity index (χ0n) is 30.5. The van der Waals surface area contributed by atoms with E-state index in [1.807, 2.05) is 109 Å². The molecule has 9 aromatic rings. The van der Waals surface area contributed by atoms with E-state index in [0.717, 1.165) is 50.6 Å². The second-order valence-electron chi connectivity index (χ2n) is 13.3. The summed E-state index contributed by atoms with van der Waals surface area (Å²) in [4.78, 5) is 17.2. The van der Waals surface area contributed by atoms with Crippen LogP contribution in [0.15, 0.2) is 218 Å². The average molecular weight is 721 g/mol. The fraction of sp³-hybridized carbons (Fsp3) is 0. The van der Waals surface area contributed by atoms with Gasteiger partial charge < -0.3 is 9.64 Å². The Bertz CT molecular complexity index is 2610. The molecule has 8 aromatic carbocycles. The molecular formula is C51H36N4O. The summed E-state index contributed by atoms with van der Waals surface area (Å²) in [6, 6.07) is 74.4. The predicted octanol–water partition coefficient (Wildman–Crippen LogP) is 13.5. The van der Waals surface area contributed by atoms with Gasteiger partial charge in [0.05, 0.1) is 0 Å². The standard InChI is InChI=1S/C51H36N4O/c1-6-16-37(17-7-1)38-26-30-45(31-27-38)55(44-22-12-4-13-23-44)46-32-28-39(29-33-46)42-34-43(36-48(35-42)56-47-24-14-5-15-25-47)51-53-49(40-18-8-2-9-19-40)52-50(54-51)41-20-10-3-11-21-41/h1-36H. The Morgan fingerprint density at radius 1 is 0.268 bits per heavy atom. The number of para-hydroxylation sites is 2. The number of aromatic nitrogens is 3. The molecule has 266 valence electrons. The molecule has 0 saturated heterocycles. The van der Waals surface area contributed by atoms with Crippen molar-refractivity contribution in [3.05, 3.63) is 218 Å². The lowest BCUT2D eigenvalue weighted by atomic mass is 10.0. The van der Waals surface area contributed by atoms with Crippen LogP contribution < -0.4 is 9.64 Å². The summed E-state index contributed by atoms with van der Waals surface area (Å²) >= 11 is 0. The smallest absolute Gasteiger partial charge is 0.164 e. The van der Waals surface area contributed by atoms with E-state index in [1.54, 1.807) is 0 Å². The van der Waals surface area contributed by atoms with Crippen molar-refractivity contribution in [2.45, 2.75) is 0 Å². The number of hydrogen-bond acceptors (Lipinski definition) is 5. The van der Waals surface area contributed by atoms with Gasteiger partial charge in [-0.25, -0.2) is 15.0 Å². The SMILES string of the molecule is c1ccc(Oc2cc(-c3ccc(N(c4ccccc4)c4ccc(-c5ccccc5)cc4)cc3)cc(-c3nc(-c4ccccc4)nc(-c4ccccc4)n3)c2)cc1. The Balaban J connectivity index is 1.13. The summed E-state index contributed by atoms with van der Waals surface area (Å²) < 4.78 is 6.47. The number of ether oxygens (including phenoxy) is 1. The van der Waals surface area contributed by atoms with Gasteiger partial charge in [-0.05, 0) is 89.0 Å². The summed E-state index contributed by atoms with van der Waals surface area (Å²) in [6.45, 7) is 0. The van der Waals surface area contributed by atoms with E-state index in [4.69, 9.17) is 19.7 Å². The number of anilines is 3. The van der Waals surface area contributed by atoms with Gasteiger partial charge in [0.2, 0.25) is 0 Å². The van der Waals surface area contributed by atoms with E-state index in [1.165, 1.54) is 11.1 Å². The molecule has 1 heterocycles. The minimum atomic E-state index is 0.559. The Hall–Kier alpha value is -7.63. The van der Waals surface area contributed by atoms with Gasteiger partial charge in [-0.15, -0.1) is 0 Å². The second kappa shape index (κ2) is 15.8. The highest BCUT2D eigenvalue weighted by atomic mass is 16.5. The summed E-state index contributed by atoms with van der Waals surface area (Å²) in [5.41, 5.74) is 10.2. The fourth-order valence-corrected chi connectivity index (χ4v) is 6.78. The normalized spacial score (nSPS) is 10.9. The van der Waals surface area contributed by atoms with Crippen LogP contribution in [-0.4, -0.2) is 15.0 Å². The van der Waals surface area contributed by atoms with Crippen LogP contribution >= 0.6 is 0 Å². The molecule has 0 radical (unpaired) electrons. The maximum Gasteiger partial charge on any atom is 0.164 e. The highest BCUT2D eigenvalue weighted by molar-refractivity contribution is 5.81. The van der Waals surface area contributed by atoms with Gasteiger partial charge in [0.25, 0.3) is 0 Å². The van der Waals surface area contributed by atoms with Gasteiger partial charge >= 0.3 is 0 Å². The van der Waals surface area contributed by atoms with Gasteiger partial charge in [-0.2, -0.15) is 0 Å². The zero-order valence-corrected chi connectivity index (χ0v) is 30.5. The topological polar surface area (TPSA) is 51.1 Å². The van der Waals surface area contributed by atoms with Gasteiger partial charge in [0, 0.05) is 33.8 Å². The van der Waals surface area contributed by atoms with Gasteiger partial charge in [0.15, 0.2) is 17.5 Å². The Labute approximate surface area is 326 Å². The maximum atomic E-state index is 6.47. The largest absolute Gasteiger partial charge is 0.457 e. The molecule has 0 amide bonds. The van der Waals surface area contributed by atoms with Crippen molar-refractivity contribution in [1.29, 1.82) is 0 Å². The van der Waals surface area contributed by atoms with Crippen LogP contribution in [-0.2, 0) is 0 Å². The second-order valence-corrected chi connectivity index (χ2v) is 13.3. The molecule has 5 nitrogen and oxygen atoms in total. The third kappa shape index (κ3) is 7.56. The monoisotopic (exact) mass is 720 g/mol. The van der Waals surface area contributed by atoms with Crippen LogP contribution in [0.2, 0.25) is 0 Å². The minimum Gasteiger partial charge on any atom is -0.457 e. The van der Waals surface area contributed by atoms with E-state index in [9.17, 15) is 0 Å². The van der Waals surface area contributed by atoms with Gasteiger partial charge in [-0.3, -0.25) is 0 Å². The summed E-state index contributed by atoms with van der Waals surface area (Å²) in [6.07, 6.45) is 0. The number of hydrogen-bond donors (Lipinski definition) is 0. The summed E-state index contributed by atoms with van der Waals surface area (Å²) in [7, 11) is 0. The summed E-state index contributed by atoms with van der Waals surface area (Å²) in [5, 5.41) is 0. The molecule has 5 heteroatoms. The zero-order chi connectivity index (χ0) is 37.5. The van der Waals surface area contributed by atoms with Crippen molar-refractivity contribution < 1.29 is 4.74 Å². The number of nitrogens with zero attached hydrogens (tertiary/aromatic N) is 4. The number of rotatable bonds is 10. The minimum absolute atomic E-state index is 0.559. The Morgan fingerprint density at radius 2 is 0.625 bits per heavy atom. The lowest BCUT2D eigenvalue weighted by Crippen LogP contribution is -2.09. The first-order valence-electron chi connectivity index (χ1n) is 18.6. The molecule has 0 N–H and O–H groups in total. The van der Waals surface area contributed by atoms with Crippen molar-refractivity contribution in [2.24, 2.45) is 0 Å². The van der Waals surface area contributed by atoms with Crippen LogP contribution in [0.25, 0.3) is 56.4 Å². The lowest BCUT2D eigenvalue weighted by Gasteiger charge is -2.26. The highest BCUT2D eigenvalue weighted by Gasteiger charge is 2.17. The van der Waals surface area contributed by atoms with Crippen LogP contribution in [0.5, 0.6) is 11.5 Å². The molecular weight excluding hydrogens is 685 g/mol.